The zero-order valence-electron chi connectivity index (χ0n) is 29.1. The maximum atomic E-state index is 12.4. The molecule has 0 aliphatic rings. The second-order valence-corrected chi connectivity index (χ2v) is 13.7. The highest BCUT2D eigenvalue weighted by Gasteiger charge is 2.30. The van der Waals surface area contributed by atoms with Crippen molar-refractivity contribution in [3.63, 3.8) is 0 Å². The number of benzene rings is 1. The Labute approximate surface area is 263 Å². The smallest absolute Gasteiger partial charge is 0.305 e. The molecule has 0 radical (unpaired) electrons. The van der Waals surface area contributed by atoms with Gasteiger partial charge in [-0.1, -0.05) is 93.9 Å². The number of esters is 2. The zero-order chi connectivity index (χ0) is 32.5. The molecule has 0 aromatic heterocycles. The number of rotatable bonds is 23. The van der Waals surface area contributed by atoms with Gasteiger partial charge in [-0.15, -0.1) is 0 Å². The van der Waals surface area contributed by atoms with Gasteiger partial charge in [0.05, 0.1) is 20.3 Å². The number of hydrogen-bond donors (Lipinski definition) is 1. The van der Waals surface area contributed by atoms with Gasteiger partial charge in [0, 0.05) is 24.0 Å². The fourth-order valence-corrected chi connectivity index (χ4v) is 5.79. The summed E-state index contributed by atoms with van der Waals surface area (Å²) in [6, 6.07) is 3.77. The van der Waals surface area contributed by atoms with Crippen LogP contribution < -0.4 is 4.74 Å². The van der Waals surface area contributed by atoms with Gasteiger partial charge in [0.2, 0.25) is 0 Å². The molecule has 0 bridgehead atoms. The van der Waals surface area contributed by atoms with Gasteiger partial charge in [0.25, 0.3) is 0 Å². The van der Waals surface area contributed by atoms with Gasteiger partial charge < -0.3 is 19.3 Å². The summed E-state index contributed by atoms with van der Waals surface area (Å²) < 4.78 is 17.0. The molecule has 1 N–H and O–H groups in total. The van der Waals surface area contributed by atoms with Crippen molar-refractivity contribution in [2.45, 2.75) is 156 Å². The first kappa shape index (κ1) is 38.8. The molecule has 0 fully saturated rings. The van der Waals surface area contributed by atoms with Gasteiger partial charge >= 0.3 is 11.9 Å². The predicted molar refractivity (Wildman–Crippen MR) is 177 cm³/mol. The standard InChI is InChI=1S/C37H64O6/c1-10-14-18-28(12-3)26-42-34(39)20-16-22-36(5,6)30-25-33(41-9)31(24-32(30)38)37(7,8)23-17-21-35(40)43-27-29(13-4)19-15-11-2/h24-25,28-29,38H,10-23,26-27H2,1-9H3. The van der Waals surface area contributed by atoms with Crippen molar-refractivity contribution in [2.75, 3.05) is 20.3 Å². The molecule has 1 aromatic carbocycles. The Balaban J connectivity index is 2.75. The van der Waals surface area contributed by atoms with E-state index in [1.54, 1.807) is 7.11 Å². The van der Waals surface area contributed by atoms with Gasteiger partial charge in [-0.2, -0.15) is 0 Å². The van der Waals surface area contributed by atoms with Crippen LogP contribution in [0, 0.1) is 11.8 Å². The number of phenolic OH excluding ortho intramolecular Hbond substituents is 1. The molecule has 248 valence electrons. The lowest BCUT2D eigenvalue weighted by Crippen LogP contribution is -2.22. The van der Waals surface area contributed by atoms with E-state index in [0.29, 0.717) is 50.7 Å². The molecule has 0 saturated heterocycles. The van der Waals surface area contributed by atoms with Gasteiger partial charge in [0.1, 0.15) is 11.5 Å². The molecule has 0 aliphatic heterocycles. The molecule has 43 heavy (non-hydrogen) atoms. The van der Waals surface area contributed by atoms with Crippen LogP contribution in [0.3, 0.4) is 0 Å². The summed E-state index contributed by atoms with van der Waals surface area (Å²) in [7, 11) is 1.66. The lowest BCUT2D eigenvalue weighted by atomic mass is 9.75. The first-order valence-corrected chi connectivity index (χ1v) is 17.1. The summed E-state index contributed by atoms with van der Waals surface area (Å²) in [4.78, 5) is 24.8. The third-order valence-electron chi connectivity index (χ3n) is 9.19. The van der Waals surface area contributed by atoms with E-state index in [1.165, 1.54) is 12.8 Å². The Morgan fingerprint density at radius 3 is 1.56 bits per heavy atom. The summed E-state index contributed by atoms with van der Waals surface area (Å²) >= 11 is 0. The molecular weight excluding hydrogens is 540 g/mol. The third-order valence-corrected chi connectivity index (χ3v) is 9.19. The maximum Gasteiger partial charge on any atom is 0.305 e. The largest absolute Gasteiger partial charge is 0.508 e. The molecule has 6 nitrogen and oxygen atoms in total. The van der Waals surface area contributed by atoms with E-state index in [4.69, 9.17) is 14.2 Å². The van der Waals surface area contributed by atoms with E-state index in [1.807, 2.05) is 12.1 Å². The van der Waals surface area contributed by atoms with Crippen molar-refractivity contribution in [1.29, 1.82) is 0 Å². The molecule has 6 heteroatoms. The predicted octanol–water partition coefficient (Wildman–Crippen LogP) is 9.82. The van der Waals surface area contributed by atoms with Gasteiger partial charge in [-0.3, -0.25) is 9.59 Å². The first-order chi connectivity index (χ1) is 20.3. The number of hydrogen-bond acceptors (Lipinski definition) is 6. The Hall–Kier alpha value is -2.24. The second-order valence-electron chi connectivity index (χ2n) is 13.7. The van der Waals surface area contributed by atoms with Crippen LogP contribution in [0.5, 0.6) is 11.5 Å². The summed E-state index contributed by atoms with van der Waals surface area (Å²) in [5, 5.41) is 11.2. The minimum atomic E-state index is -0.357. The van der Waals surface area contributed by atoms with E-state index >= 15 is 0 Å². The van der Waals surface area contributed by atoms with Crippen LogP contribution in [0.1, 0.15) is 156 Å². The molecule has 2 atom stereocenters. The van der Waals surface area contributed by atoms with Gasteiger partial charge in [0.15, 0.2) is 0 Å². The fraction of sp³-hybridized carbons (Fsp3) is 0.784. The van der Waals surface area contributed by atoms with Gasteiger partial charge in [-0.25, -0.2) is 0 Å². The highest BCUT2D eigenvalue weighted by molar-refractivity contribution is 5.69. The topological polar surface area (TPSA) is 82.1 Å². The van der Waals surface area contributed by atoms with Crippen LogP contribution in [0.2, 0.25) is 0 Å². The van der Waals surface area contributed by atoms with Crippen molar-refractivity contribution in [2.24, 2.45) is 11.8 Å². The Kier molecular flexibility index (Phi) is 18.0. The average Bonchev–Trinajstić information content (AvgIpc) is 2.96. The molecule has 0 amide bonds. The Morgan fingerprint density at radius 2 is 1.16 bits per heavy atom. The summed E-state index contributed by atoms with van der Waals surface area (Å²) in [6.07, 6.45) is 12.5. The molecule has 0 saturated carbocycles. The molecule has 0 aliphatic carbocycles. The van der Waals surface area contributed by atoms with Crippen LogP contribution in [0.4, 0.5) is 0 Å². The monoisotopic (exact) mass is 604 g/mol. The molecular formula is C37H64O6. The first-order valence-electron chi connectivity index (χ1n) is 17.1. The highest BCUT2D eigenvalue weighted by atomic mass is 16.5. The molecule has 0 spiro atoms. The quantitative estimate of drug-likeness (QED) is 0.125. The number of phenols is 1. The van der Waals surface area contributed by atoms with Crippen LogP contribution in [-0.4, -0.2) is 37.4 Å². The Morgan fingerprint density at radius 1 is 0.721 bits per heavy atom. The SMILES string of the molecule is CCCCC(CC)COC(=O)CCCC(C)(C)c1cc(OC)c(C(C)(C)CCCC(=O)OCC(CC)CCCC)cc1O. The van der Waals surface area contributed by atoms with Crippen LogP contribution in [-0.2, 0) is 29.9 Å². The van der Waals surface area contributed by atoms with Crippen molar-refractivity contribution in [3.8, 4) is 11.5 Å². The zero-order valence-corrected chi connectivity index (χ0v) is 29.1. The van der Waals surface area contributed by atoms with E-state index < -0.39 is 0 Å². The lowest BCUT2D eigenvalue weighted by molar-refractivity contribution is -0.146. The number of aromatic hydroxyl groups is 1. The van der Waals surface area contributed by atoms with Crippen molar-refractivity contribution in [1.82, 2.24) is 0 Å². The second kappa shape index (κ2) is 19.9. The molecule has 1 rings (SSSR count). The lowest BCUT2D eigenvalue weighted by Gasteiger charge is -2.31. The highest BCUT2D eigenvalue weighted by Crippen LogP contribution is 2.44. The summed E-state index contributed by atoms with van der Waals surface area (Å²) in [6.45, 7) is 18.1. The minimum Gasteiger partial charge on any atom is -0.508 e. The number of carbonyl (C=O) groups excluding carboxylic acids is 2. The van der Waals surface area contributed by atoms with Crippen molar-refractivity contribution < 1.29 is 28.9 Å². The van der Waals surface area contributed by atoms with Crippen LogP contribution >= 0.6 is 0 Å². The normalized spacial score (nSPS) is 13.4. The minimum absolute atomic E-state index is 0.136. The van der Waals surface area contributed by atoms with E-state index in [-0.39, 0.29) is 28.5 Å². The average molecular weight is 605 g/mol. The summed E-state index contributed by atoms with van der Waals surface area (Å²) in [5.74, 6) is 1.56. The fourth-order valence-electron chi connectivity index (χ4n) is 5.79. The number of ether oxygens (including phenoxy) is 3. The number of carbonyl (C=O) groups is 2. The molecule has 1 aromatic rings. The van der Waals surface area contributed by atoms with Crippen molar-refractivity contribution >= 4 is 11.9 Å². The summed E-state index contributed by atoms with van der Waals surface area (Å²) in [5.41, 5.74) is 1.06. The van der Waals surface area contributed by atoms with E-state index in [2.05, 4.69) is 55.4 Å². The number of unbranched alkanes of at least 4 members (excludes halogenated alkanes) is 2. The van der Waals surface area contributed by atoms with Crippen LogP contribution in [0.15, 0.2) is 12.1 Å². The molecule has 0 heterocycles. The Bertz CT molecular complexity index is 951. The van der Waals surface area contributed by atoms with Crippen LogP contribution in [0.25, 0.3) is 0 Å². The molecule has 2 unspecified atom stereocenters. The number of methoxy groups -OCH3 is 1. The maximum absolute atomic E-state index is 12.4. The van der Waals surface area contributed by atoms with E-state index in [0.717, 1.165) is 68.2 Å². The third kappa shape index (κ3) is 13.9. The van der Waals surface area contributed by atoms with Gasteiger partial charge in [-0.05, 0) is 73.3 Å². The van der Waals surface area contributed by atoms with Crippen molar-refractivity contribution in [3.05, 3.63) is 23.3 Å². The van der Waals surface area contributed by atoms with E-state index in [9.17, 15) is 14.7 Å².